The number of H-pyrrole nitrogens is 1. The smallest absolute Gasteiger partial charge is 0.408 e. The molecule has 1 saturated heterocycles. The van der Waals surface area contributed by atoms with Gasteiger partial charge in [0.05, 0.1) is 17.1 Å². The molecule has 1 aromatic heterocycles. The van der Waals surface area contributed by atoms with Crippen molar-refractivity contribution in [1.82, 2.24) is 9.88 Å². The summed E-state index contributed by atoms with van der Waals surface area (Å²) in [5.41, 5.74) is 1.15. The van der Waals surface area contributed by atoms with Gasteiger partial charge in [0.15, 0.2) is 11.4 Å². The number of nitrogens with one attached hydrogen (secondary N) is 1. The Morgan fingerprint density at radius 2 is 1.83 bits per heavy atom. The molecule has 0 aliphatic carbocycles. The van der Waals surface area contributed by atoms with Gasteiger partial charge in [0, 0.05) is 37.4 Å². The summed E-state index contributed by atoms with van der Waals surface area (Å²) in [5, 5.41) is 0. The summed E-state index contributed by atoms with van der Waals surface area (Å²) < 4.78 is 43.9. The highest BCUT2D eigenvalue weighted by atomic mass is 19.4. The Hall–Kier alpha value is -3.07. The van der Waals surface area contributed by atoms with Gasteiger partial charge in [-0.2, -0.15) is 13.2 Å². The highest BCUT2D eigenvalue weighted by Crippen LogP contribution is 2.32. The zero-order chi connectivity index (χ0) is 21.5. The van der Waals surface area contributed by atoms with Crippen LogP contribution in [0.2, 0.25) is 0 Å². The van der Waals surface area contributed by atoms with Gasteiger partial charge in [-0.05, 0) is 43.3 Å². The number of piperazine rings is 1. The fraction of sp³-hybridized carbons (Fsp3) is 0.333. The zero-order valence-corrected chi connectivity index (χ0v) is 16.2. The van der Waals surface area contributed by atoms with Crippen LogP contribution in [-0.2, 0) is 6.18 Å². The van der Waals surface area contributed by atoms with Crippen LogP contribution in [0, 0.1) is 0 Å². The first-order chi connectivity index (χ1) is 14.2. The van der Waals surface area contributed by atoms with E-state index in [2.05, 4.69) is 4.98 Å². The van der Waals surface area contributed by atoms with Gasteiger partial charge in [-0.25, -0.2) is 4.79 Å². The second-order valence-electron chi connectivity index (χ2n) is 7.34. The molecule has 0 bridgehead atoms. The number of nitrogens with zero attached hydrogens (tertiary/aromatic N) is 2. The molecular weight excluding hydrogens is 399 g/mol. The zero-order valence-electron chi connectivity index (χ0n) is 16.2. The van der Waals surface area contributed by atoms with E-state index in [9.17, 15) is 22.8 Å². The number of oxazole rings is 1. The minimum Gasteiger partial charge on any atom is -0.408 e. The van der Waals surface area contributed by atoms with E-state index in [1.165, 1.54) is 6.07 Å². The topological polar surface area (TPSA) is 69.5 Å². The molecule has 1 N–H and O–H groups in total. The number of Topliss-reactive ketones (excluding diaryl/α,β-unsaturated/α-hetero) is 1. The standard InChI is InChI=1S/C21H20F3N3O3/c1-13(19(28)14-5-6-17-18(11-14)30-20(29)25-17)26-7-9-27(10-8-26)16-4-2-3-15(12-16)21(22,23)24/h2-6,11-13H,7-10H2,1H3,(H,25,29). The number of alkyl halides is 3. The lowest BCUT2D eigenvalue weighted by Gasteiger charge is -2.38. The average molecular weight is 419 g/mol. The number of rotatable bonds is 4. The van der Waals surface area contributed by atoms with Crippen molar-refractivity contribution in [2.24, 2.45) is 0 Å². The summed E-state index contributed by atoms with van der Waals surface area (Å²) in [4.78, 5) is 30.6. The molecule has 3 aromatic rings. The summed E-state index contributed by atoms with van der Waals surface area (Å²) in [6.07, 6.45) is -4.38. The SMILES string of the molecule is CC(C(=O)c1ccc2[nH]c(=O)oc2c1)N1CCN(c2cccc(C(F)(F)F)c2)CC1. The van der Waals surface area contributed by atoms with Crippen LogP contribution in [0.25, 0.3) is 11.1 Å². The van der Waals surface area contributed by atoms with Crippen molar-refractivity contribution in [3.05, 3.63) is 64.1 Å². The number of benzene rings is 2. The number of hydrogen-bond acceptors (Lipinski definition) is 5. The molecule has 0 amide bonds. The first-order valence-corrected chi connectivity index (χ1v) is 9.56. The number of carbonyl (C=O) groups is 1. The minimum absolute atomic E-state index is 0.103. The summed E-state index contributed by atoms with van der Waals surface area (Å²) in [7, 11) is 0. The maximum absolute atomic E-state index is 13.0. The first kappa shape index (κ1) is 20.2. The van der Waals surface area contributed by atoms with Crippen LogP contribution in [0.3, 0.4) is 0 Å². The Bertz CT molecular complexity index is 1130. The minimum atomic E-state index is -4.38. The van der Waals surface area contributed by atoms with Crippen LogP contribution in [0.4, 0.5) is 18.9 Å². The maximum atomic E-state index is 13.0. The van der Waals surface area contributed by atoms with Crippen molar-refractivity contribution in [3.8, 4) is 0 Å². The Morgan fingerprint density at radius 1 is 1.10 bits per heavy atom. The monoisotopic (exact) mass is 419 g/mol. The highest BCUT2D eigenvalue weighted by molar-refractivity contribution is 6.01. The lowest BCUT2D eigenvalue weighted by molar-refractivity contribution is -0.137. The number of aromatic amines is 1. The highest BCUT2D eigenvalue weighted by Gasteiger charge is 2.32. The van der Waals surface area contributed by atoms with Crippen molar-refractivity contribution in [1.29, 1.82) is 0 Å². The van der Waals surface area contributed by atoms with E-state index in [1.54, 1.807) is 31.2 Å². The van der Waals surface area contributed by atoms with Gasteiger partial charge in [0.25, 0.3) is 0 Å². The van der Waals surface area contributed by atoms with Crippen LogP contribution >= 0.6 is 0 Å². The average Bonchev–Trinajstić information content (AvgIpc) is 3.11. The molecule has 1 fully saturated rings. The molecule has 0 spiro atoms. The number of fused-ring (bicyclic) bond motifs is 1. The molecule has 2 aromatic carbocycles. The van der Waals surface area contributed by atoms with Crippen LogP contribution < -0.4 is 10.7 Å². The van der Waals surface area contributed by atoms with E-state index in [0.29, 0.717) is 48.5 Å². The number of ketones is 1. The van der Waals surface area contributed by atoms with Crippen molar-refractivity contribution in [3.63, 3.8) is 0 Å². The molecule has 158 valence electrons. The van der Waals surface area contributed by atoms with Crippen LogP contribution in [0.1, 0.15) is 22.8 Å². The number of carbonyl (C=O) groups excluding carboxylic acids is 1. The molecule has 2 heterocycles. The molecule has 4 rings (SSSR count). The van der Waals surface area contributed by atoms with Gasteiger partial charge in [-0.3, -0.25) is 14.7 Å². The fourth-order valence-electron chi connectivity index (χ4n) is 3.75. The van der Waals surface area contributed by atoms with Gasteiger partial charge < -0.3 is 9.32 Å². The second-order valence-corrected chi connectivity index (χ2v) is 7.34. The third kappa shape index (κ3) is 3.97. The molecule has 0 radical (unpaired) electrons. The molecule has 1 atom stereocenters. The Balaban J connectivity index is 1.43. The number of aromatic nitrogens is 1. The lowest BCUT2D eigenvalue weighted by atomic mass is 10.0. The number of anilines is 1. The largest absolute Gasteiger partial charge is 0.417 e. The summed E-state index contributed by atoms with van der Waals surface area (Å²) in [6, 6.07) is 9.71. The number of halogens is 3. The molecule has 1 unspecified atom stereocenters. The predicted molar refractivity (Wildman–Crippen MR) is 106 cm³/mol. The molecule has 1 aliphatic heterocycles. The van der Waals surface area contributed by atoms with E-state index in [1.807, 2.05) is 9.80 Å². The maximum Gasteiger partial charge on any atom is 0.417 e. The third-order valence-electron chi connectivity index (χ3n) is 5.49. The van der Waals surface area contributed by atoms with Crippen molar-refractivity contribution < 1.29 is 22.4 Å². The van der Waals surface area contributed by atoms with E-state index < -0.39 is 23.5 Å². The Labute approximate surface area is 169 Å². The van der Waals surface area contributed by atoms with Crippen LogP contribution in [0.15, 0.2) is 51.7 Å². The molecule has 6 nitrogen and oxygen atoms in total. The van der Waals surface area contributed by atoms with E-state index in [4.69, 9.17) is 4.42 Å². The third-order valence-corrected chi connectivity index (χ3v) is 5.49. The molecule has 0 saturated carbocycles. The van der Waals surface area contributed by atoms with E-state index in [-0.39, 0.29) is 5.78 Å². The first-order valence-electron chi connectivity index (χ1n) is 9.56. The van der Waals surface area contributed by atoms with Gasteiger partial charge in [0.2, 0.25) is 0 Å². The summed E-state index contributed by atoms with van der Waals surface area (Å²) in [6.45, 7) is 3.93. The van der Waals surface area contributed by atoms with Gasteiger partial charge in [0.1, 0.15) is 0 Å². The molecule has 9 heteroatoms. The van der Waals surface area contributed by atoms with Crippen molar-refractivity contribution >= 4 is 22.6 Å². The van der Waals surface area contributed by atoms with E-state index in [0.717, 1.165) is 12.1 Å². The van der Waals surface area contributed by atoms with Crippen LogP contribution in [0.5, 0.6) is 0 Å². The summed E-state index contributed by atoms with van der Waals surface area (Å²) >= 11 is 0. The second kappa shape index (κ2) is 7.64. The molecular formula is C21H20F3N3O3. The predicted octanol–water partition coefficient (Wildman–Crippen LogP) is 3.53. The Morgan fingerprint density at radius 3 is 2.53 bits per heavy atom. The van der Waals surface area contributed by atoms with Gasteiger partial charge in [-0.1, -0.05) is 6.07 Å². The van der Waals surface area contributed by atoms with Crippen molar-refractivity contribution in [2.75, 3.05) is 31.1 Å². The van der Waals surface area contributed by atoms with E-state index >= 15 is 0 Å². The quantitative estimate of drug-likeness (QED) is 0.656. The molecule has 30 heavy (non-hydrogen) atoms. The Kier molecular flexibility index (Phi) is 5.15. The summed E-state index contributed by atoms with van der Waals surface area (Å²) in [5.74, 6) is -0.679. The lowest BCUT2D eigenvalue weighted by Crippen LogP contribution is -2.51. The van der Waals surface area contributed by atoms with Gasteiger partial charge in [-0.15, -0.1) is 0 Å². The van der Waals surface area contributed by atoms with Crippen LogP contribution in [-0.4, -0.2) is 47.9 Å². The normalized spacial score (nSPS) is 16.7. The fourth-order valence-corrected chi connectivity index (χ4v) is 3.75. The molecule has 1 aliphatic rings. The van der Waals surface area contributed by atoms with Crippen molar-refractivity contribution in [2.45, 2.75) is 19.1 Å². The number of hydrogen-bond donors (Lipinski definition) is 1. The van der Waals surface area contributed by atoms with Gasteiger partial charge >= 0.3 is 11.9 Å².